The first-order chi connectivity index (χ1) is 13.5. The van der Waals surface area contributed by atoms with Crippen LogP contribution in [0.2, 0.25) is 0 Å². The zero-order valence-electron chi connectivity index (χ0n) is 15.8. The summed E-state index contributed by atoms with van der Waals surface area (Å²) in [5.74, 6) is -0.207. The molecule has 3 rings (SSSR count). The van der Waals surface area contributed by atoms with Gasteiger partial charge in [0.1, 0.15) is 0 Å². The first kappa shape index (κ1) is 20.7. The minimum atomic E-state index is -0.387. The van der Waals surface area contributed by atoms with E-state index < -0.39 is 0 Å². The van der Waals surface area contributed by atoms with Gasteiger partial charge >= 0.3 is 6.09 Å². The lowest BCUT2D eigenvalue weighted by atomic mass is 10.2. The maximum atomic E-state index is 12.6. The van der Waals surface area contributed by atoms with Crippen molar-refractivity contribution >= 4 is 28.7 Å². The van der Waals surface area contributed by atoms with Crippen LogP contribution in [-0.2, 0) is 17.8 Å². The monoisotopic (exact) mass is 497 g/mol. The number of benzene rings is 1. The quantitative estimate of drug-likeness (QED) is 0.643. The fraction of sp³-hybridized carbons (Fsp3) is 0.400. The lowest BCUT2D eigenvalue weighted by Crippen LogP contribution is -2.48. The fourth-order valence-electron chi connectivity index (χ4n) is 3.23. The number of halogens is 1. The van der Waals surface area contributed by atoms with Crippen molar-refractivity contribution < 1.29 is 14.6 Å². The van der Waals surface area contributed by atoms with Crippen molar-refractivity contribution in [2.24, 2.45) is 0 Å². The van der Waals surface area contributed by atoms with Crippen LogP contribution in [0.25, 0.3) is 0 Å². The normalized spacial score (nSPS) is 14.9. The Morgan fingerprint density at radius 1 is 1.18 bits per heavy atom. The molecule has 0 radical (unpaired) electrons. The zero-order chi connectivity index (χ0) is 20.1. The first-order valence-corrected chi connectivity index (χ1v) is 10.4. The van der Waals surface area contributed by atoms with Gasteiger partial charge in [0.25, 0.3) is 5.56 Å². The van der Waals surface area contributed by atoms with E-state index in [1.54, 1.807) is 24.1 Å². The Bertz CT molecular complexity index is 891. The highest BCUT2D eigenvalue weighted by molar-refractivity contribution is 14.1. The molecule has 1 aromatic heterocycles. The van der Waals surface area contributed by atoms with E-state index in [0.29, 0.717) is 51.4 Å². The molecule has 2 heterocycles. The molecule has 0 atom stereocenters. The number of rotatable bonds is 5. The number of hydrogen-bond donors (Lipinski definition) is 1. The highest BCUT2D eigenvalue weighted by Crippen LogP contribution is 2.16. The summed E-state index contributed by atoms with van der Waals surface area (Å²) in [6, 6.07) is 9.72. The van der Waals surface area contributed by atoms with Crippen molar-refractivity contribution in [1.29, 1.82) is 0 Å². The molecule has 1 amide bonds. The van der Waals surface area contributed by atoms with E-state index in [9.17, 15) is 14.7 Å². The molecular weight excluding hydrogens is 473 g/mol. The summed E-state index contributed by atoms with van der Waals surface area (Å²) < 4.78 is 7.64. The van der Waals surface area contributed by atoms with Crippen LogP contribution in [0.1, 0.15) is 18.1 Å². The second-order valence-corrected chi connectivity index (χ2v) is 7.96. The summed E-state index contributed by atoms with van der Waals surface area (Å²) in [6.45, 7) is 5.53. The standard InChI is InChI=1S/C20H24IN3O4/c1-2-28-20(27)23-10-8-22(9-11-23)14-16-6-7-24(19(26)18(16)25)13-15-4-3-5-17(21)12-15/h3-7,12,25H,2,8-11,13-14H2,1H3. The Morgan fingerprint density at radius 3 is 2.61 bits per heavy atom. The smallest absolute Gasteiger partial charge is 0.409 e. The Kier molecular flexibility index (Phi) is 6.95. The summed E-state index contributed by atoms with van der Waals surface area (Å²) in [5.41, 5.74) is 1.23. The SMILES string of the molecule is CCOC(=O)N1CCN(Cc2ccn(Cc3cccc(I)c3)c(=O)c2O)CC1. The van der Waals surface area contributed by atoms with Crippen LogP contribution < -0.4 is 5.56 Å². The number of carbonyl (C=O) groups excluding carboxylic acids is 1. The van der Waals surface area contributed by atoms with Crippen molar-refractivity contribution in [1.82, 2.24) is 14.4 Å². The molecule has 1 N–H and O–H groups in total. The van der Waals surface area contributed by atoms with Crippen LogP contribution in [0.15, 0.2) is 41.3 Å². The first-order valence-electron chi connectivity index (χ1n) is 9.27. The third-order valence-corrected chi connectivity index (χ3v) is 5.43. The summed E-state index contributed by atoms with van der Waals surface area (Å²) in [5, 5.41) is 10.4. The summed E-state index contributed by atoms with van der Waals surface area (Å²) in [7, 11) is 0. The molecular formula is C20H24IN3O4. The number of ether oxygens (including phenoxy) is 1. The van der Waals surface area contributed by atoms with Crippen molar-refractivity contribution in [2.75, 3.05) is 32.8 Å². The molecule has 0 bridgehead atoms. The molecule has 1 fully saturated rings. The van der Waals surface area contributed by atoms with Gasteiger partial charge in [0, 0.05) is 48.1 Å². The van der Waals surface area contributed by atoms with Gasteiger partial charge in [-0.15, -0.1) is 0 Å². The van der Waals surface area contributed by atoms with Crippen LogP contribution in [0, 0.1) is 3.57 Å². The Balaban J connectivity index is 1.64. The van der Waals surface area contributed by atoms with Gasteiger partial charge in [-0.25, -0.2) is 4.79 Å². The van der Waals surface area contributed by atoms with Crippen LogP contribution in [0.3, 0.4) is 0 Å². The summed E-state index contributed by atoms with van der Waals surface area (Å²) in [6.07, 6.45) is 1.44. The molecule has 0 aliphatic carbocycles. The van der Waals surface area contributed by atoms with E-state index in [1.807, 2.05) is 24.3 Å². The van der Waals surface area contributed by atoms with Gasteiger partial charge in [-0.1, -0.05) is 12.1 Å². The Labute approximate surface area is 177 Å². The third-order valence-electron chi connectivity index (χ3n) is 4.76. The minimum Gasteiger partial charge on any atom is -0.503 e. The molecule has 0 spiro atoms. The minimum absolute atomic E-state index is 0.207. The Morgan fingerprint density at radius 2 is 1.93 bits per heavy atom. The van der Waals surface area contributed by atoms with E-state index >= 15 is 0 Å². The van der Waals surface area contributed by atoms with E-state index in [2.05, 4.69) is 27.5 Å². The largest absolute Gasteiger partial charge is 0.503 e. The zero-order valence-corrected chi connectivity index (χ0v) is 18.0. The average molecular weight is 497 g/mol. The van der Waals surface area contributed by atoms with E-state index in [4.69, 9.17) is 4.74 Å². The van der Waals surface area contributed by atoms with Gasteiger partial charge in [-0.2, -0.15) is 0 Å². The van der Waals surface area contributed by atoms with E-state index in [1.165, 1.54) is 4.57 Å². The van der Waals surface area contributed by atoms with E-state index in [0.717, 1.165) is 9.13 Å². The molecule has 7 nitrogen and oxygen atoms in total. The number of aromatic hydroxyl groups is 1. The molecule has 1 aromatic carbocycles. The summed E-state index contributed by atoms with van der Waals surface area (Å²) >= 11 is 2.23. The van der Waals surface area contributed by atoms with Gasteiger partial charge in [0.05, 0.1) is 13.2 Å². The second-order valence-electron chi connectivity index (χ2n) is 6.71. The molecule has 1 saturated heterocycles. The molecule has 0 saturated carbocycles. The van der Waals surface area contributed by atoms with Crippen LogP contribution in [0.4, 0.5) is 4.79 Å². The number of amides is 1. The molecule has 8 heteroatoms. The lowest BCUT2D eigenvalue weighted by molar-refractivity contribution is 0.0776. The maximum absolute atomic E-state index is 12.6. The van der Waals surface area contributed by atoms with Crippen molar-refractivity contribution in [3.05, 3.63) is 61.6 Å². The summed E-state index contributed by atoms with van der Waals surface area (Å²) in [4.78, 5) is 28.1. The van der Waals surface area contributed by atoms with Crippen LogP contribution in [0.5, 0.6) is 5.75 Å². The average Bonchev–Trinajstić information content (AvgIpc) is 2.68. The topological polar surface area (TPSA) is 75.0 Å². The van der Waals surface area contributed by atoms with Gasteiger partial charge in [-0.3, -0.25) is 9.69 Å². The van der Waals surface area contributed by atoms with Crippen molar-refractivity contribution in [2.45, 2.75) is 20.0 Å². The van der Waals surface area contributed by atoms with E-state index in [-0.39, 0.29) is 17.4 Å². The molecule has 2 aromatic rings. The Hall–Kier alpha value is -2.07. The van der Waals surface area contributed by atoms with Gasteiger partial charge in [-0.05, 0) is 53.3 Å². The third kappa shape index (κ3) is 5.05. The molecule has 28 heavy (non-hydrogen) atoms. The fourth-order valence-corrected chi connectivity index (χ4v) is 3.84. The lowest BCUT2D eigenvalue weighted by Gasteiger charge is -2.34. The number of carbonyl (C=O) groups is 1. The highest BCUT2D eigenvalue weighted by Gasteiger charge is 2.23. The van der Waals surface area contributed by atoms with Gasteiger partial charge in [0.2, 0.25) is 0 Å². The van der Waals surface area contributed by atoms with Crippen LogP contribution >= 0.6 is 22.6 Å². The molecule has 1 aliphatic rings. The van der Waals surface area contributed by atoms with Gasteiger partial charge < -0.3 is 19.3 Å². The molecule has 1 aliphatic heterocycles. The van der Waals surface area contributed by atoms with Gasteiger partial charge in [0.15, 0.2) is 5.75 Å². The van der Waals surface area contributed by atoms with Crippen molar-refractivity contribution in [3.8, 4) is 5.75 Å². The number of nitrogens with zero attached hydrogens (tertiary/aromatic N) is 3. The molecule has 0 unspecified atom stereocenters. The number of aromatic nitrogens is 1. The van der Waals surface area contributed by atoms with Crippen molar-refractivity contribution in [3.63, 3.8) is 0 Å². The number of piperazine rings is 1. The highest BCUT2D eigenvalue weighted by atomic mass is 127. The maximum Gasteiger partial charge on any atom is 0.409 e. The number of hydrogen-bond acceptors (Lipinski definition) is 5. The predicted molar refractivity (Wildman–Crippen MR) is 114 cm³/mol. The second kappa shape index (κ2) is 9.42. The number of pyridine rings is 1. The molecule has 150 valence electrons. The van der Waals surface area contributed by atoms with Crippen LogP contribution in [-0.4, -0.2) is 58.4 Å². The predicted octanol–water partition coefficient (Wildman–Crippen LogP) is 2.48.